The minimum Gasteiger partial charge on any atom is -0.452 e. The van der Waals surface area contributed by atoms with E-state index >= 15 is 0 Å². The van der Waals surface area contributed by atoms with E-state index in [0.29, 0.717) is 6.54 Å². The molecule has 7 nitrogen and oxygen atoms in total. The first-order valence-electron chi connectivity index (χ1n) is 6.33. The summed E-state index contributed by atoms with van der Waals surface area (Å²) in [5.74, 6) is -1.21. The molecule has 0 atom stereocenters. The van der Waals surface area contributed by atoms with Gasteiger partial charge in [-0.2, -0.15) is 0 Å². The van der Waals surface area contributed by atoms with Crippen molar-refractivity contribution in [2.75, 3.05) is 13.2 Å². The molecule has 114 valence electrons. The molecular weight excluding hydrogens is 300 g/mol. The summed E-state index contributed by atoms with van der Waals surface area (Å²) >= 11 is 5.78. The summed E-state index contributed by atoms with van der Waals surface area (Å²) < 4.78 is 4.80. The molecule has 1 aromatic carbocycles. The van der Waals surface area contributed by atoms with E-state index in [9.17, 15) is 19.7 Å². The molecule has 8 heteroatoms. The van der Waals surface area contributed by atoms with Gasteiger partial charge in [-0.25, -0.2) is 4.79 Å². The number of amides is 1. The minimum atomic E-state index is -0.805. The molecule has 1 rings (SSSR count). The molecule has 0 spiro atoms. The van der Waals surface area contributed by atoms with Crippen molar-refractivity contribution >= 4 is 29.2 Å². The number of nitrogens with one attached hydrogen (secondary N) is 1. The van der Waals surface area contributed by atoms with Gasteiger partial charge < -0.3 is 10.1 Å². The average molecular weight is 315 g/mol. The first-order valence-corrected chi connectivity index (χ1v) is 6.71. The van der Waals surface area contributed by atoms with E-state index in [0.717, 1.165) is 25.0 Å². The third-order valence-electron chi connectivity index (χ3n) is 2.57. The third-order valence-corrected chi connectivity index (χ3v) is 2.88. The van der Waals surface area contributed by atoms with Crippen molar-refractivity contribution in [2.45, 2.75) is 19.8 Å². The molecule has 0 bridgehead atoms. The second-order valence-electron chi connectivity index (χ2n) is 4.20. The lowest BCUT2D eigenvalue weighted by molar-refractivity contribution is -0.384. The number of nitro groups is 1. The number of unbranched alkanes of at least 4 members (excludes halogenated alkanes) is 1. The Balaban J connectivity index is 2.56. The summed E-state index contributed by atoms with van der Waals surface area (Å²) in [7, 11) is 0. The van der Waals surface area contributed by atoms with Gasteiger partial charge in [-0.1, -0.05) is 24.9 Å². The molecule has 0 unspecified atom stereocenters. The normalized spacial score (nSPS) is 10.0. The van der Waals surface area contributed by atoms with Crippen LogP contribution in [0.25, 0.3) is 0 Å². The zero-order chi connectivity index (χ0) is 15.8. The highest BCUT2D eigenvalue weighted by atomic mass is 35.5. The van der Waals surface area contributed by atoms with Crippen molar-refractivity contribution in [2.24, 2.45) is 0 Å². The van der Waals surface area contributed by atoms with Crippen LogP contribution in [0, 0.1) is 10.1 Å². The lowest BCUT2D eigenvalue weighted by Gasteiger charge is -2.07. The first-order chi connectivity index (χ1) is 9.95. The van der Waals surface area contributed by atoms with E-state index in [4.69, 9.17) is 16.3 Å². The smallest absolute Gasteiger partial charge is 0.340 e. The maximum Gasteiger partial charge on any atom is 0.340 e. The Kier molecular flexibility index (Phi) is 6.61. The van der Waals surface area contributed by atoms with Gasteiger partial charge in [-0.05, 0) is 12.5 Å². The molecule has 1 aromatic rings. The first kappa shape index (κ1) is 16.9. The van der Waals surface area contributed by atoms with E-state index in [1.165, 1.54) is 6.07 Å². The number of non-ortho nitro benzene ring substituents is 1. The number of rotatable bonds is 7. The number of hydrogen-bond acceptors (Lipinski definition) is 5. The van der Waals surface area contributed by atoms with Crippen molar-refractivity contribution in [1.29, 1.82) is 0 Å². The highest BCUT2D eigenvalue weighted by Gasteiger charge is 2.17. The summed E-state index contributed by atoms with van der Waals surface area (Å²) in [5, 5.41) is 13.0. The zero-order valence-corrected chi connectivity index (χ0v) is 12.2. The van der Waals surface area contributed by atoms with E-state index in [-0.39, 0.29) is 16.3 Å². The van der Waals surface area contributed by atoms with Crippen LogP contribution in [-0.4, -0.2) is 30.0 Å². The molecule has 0 saturated heterocycles. The fraction of sp³-hybridized carbons (Fsp3) is 0.385. The minimum absolute atomic E-state index is 0.0244. The molecule has 0 fully saturated rings. The highest BCUT2D eigenvalue weighted by Crippen LogP contribution is 2.22. The standard InChI is InChI=1S/C13H15ClN2O5/c1-2-3-6-15-12(17)8-21-13(18)10-5-4-9(16(19)20)7-11(10)14/h4-5,7H,2-3,6,8H2,1H3,(H,15,17). The lowest BCUT2D eigenvalue weighted by Crippen LogP contribution is -2.29. The zero-order valence-electron chi connectivity index (χ0n) is 11.4. The maximum atomic E-state index is 11.7. The van der Waals surface area contributed by atoms with Crippen LogP contribution in [-0.2, 0) is 9.53 Å². The topological polar surface area (TPSA) is 98.5 Å². The van der Waals surface area contributed by atoms with Crippen molar-refractivity contribution in [1.82, 2.24) is 5.32 Å². The van der Waals surface area contributed by atoms with Crippen molar-refractivity contribution < 1.29 is 19.2 Å². The van der Waals surface area contributed by atoms with Crippen LogP contribution in [0.2, 0.25) is 5.02 Å². The van der Waals surface area contributed by atoms with Crippen LogP contribution in [0.3, 0.4) is 0 Å². The molecule has 0 aromatic heterocycles. The predicted molar refractivity (Wildman–Crippen MR) is 76.3 cm³/mol. The Morgan fingerprint density at radius 2 is 2.14 bits per heavy atom. The molecule has 0 heterocycles. The number of carbonyl (C=O) groups excluding carboxylic acids is 2. The van der Waals surface area contributed by atoms with Gasteiger partial charge in [-0.15, -0.1) is 0 Å². The van der Waals surface area contributed by atoms with Crippen LogP contribution in [0.4, 0.5) is 5.69 Å². The van der Waals surface area contributed by atoms with Crippen LogP contribution in [0.1, 0.15) is 30.1 Å². The Morgan fingerprint density at radius 1 is 1.43 bits per heavy atom. The van der Waals surface area contributed by atoms with E-state index in [1.807, 2.05) is 6.92 Å². The van der Waals surface area contributed by atoms with Crippen LogP contribution < -0.4 is 5.32 Å². The molecule has 21 heavy (non-hydrogen) atoms. The molecule has 0 aliphatic carbocycles. The monoisotopic (exact) mass is 314 g/mol. The molecule has 0 radical (unpaired) electrons. The van der Waals surface area contributed by atoms with E-state index in [2.05, 4.69) is 5.32 Å². The second kappa shape index (κ2) is 8.21. The lowest BCUT2D eigenvalue weighted by atomic mass is 10.2. The summed E-state index contributed by atoms with van der Waals surface area (Å²) in [4.78, 5) is 33.0. The van der Waals surface area contributed by atoms with Gasteiger partial charge in [0.25, 0.3) is 11.6 Å². The molecular formula is C13H15ClN2O5. The van der Waals surface area contributed by atoms with Gasteiger partial charge in [0.15, 0.2) is 6.61 Å². The number of halogens is 1. The number of benzene rings is 1. The third kappa shape index (κ3) is 5.39. The fourth-order valence-corrected chi connectivity index (χ4v) is 1.70. The van der Waals surface area contributed by atoms with Crippen LogP contribution >= 0.6 is 11.6 Å². The van der Waals surface area contributed by atoms with Gasteiger partial charge >= 0.3 is 5.97 Å². The number of hydrogen-bond donors (Lipinski definition) is 1. The van der Waals surface area contributed by atoms with Crippen LogP contribution in [0.5, 0.6) is 0 Å². The molecule has 0 saturated carbocycles. The summed E-state index contributed by atoms with van der Waals surface area (Å²) in [6.45, 7) is 2.09. The molecule has 0 aliphatic rings. The quantitative estimate of drug-likeness (QED) is 0.360. The summed E-state index contributed by atoms with van der Waals surface area (Å²) in [6.07, 6.45) is 1.78. The summed E-state index contributed by atoms with van der Waals surface area (Å²) in [6, 6.07) is 3.39. The number of ether oxygens (including phenoxy) is 1. The Labute approximate surface area is 126 Å². The van der Waals surface area contributed by atoms with Gasteiger partial charge in [0.05, 0.1) is 15.5 Å². The maximum absolute atomic E-state index is 11.7. The average Bonchev–Trinajstić information content (AvgIpc) is 2.44. The number of esters is 1. The molecule has 0 aliphatic heterocycles. The Morgan fingerprint density at radius 3 is 2.71 bits per heavy atom. The van der Waals surface area contributed by atoms with E-state index < -0.39 is 23.4 Å². The number of nitrogens with zero attached hydrogens (tertiary/aromatic N) is 1. The second-order valence-corrected chi connectivity index (χ2v) is 4.61. The highest BCUT2D eigenvalue weighted by molar-refractivity contribution is 6.33. The van der Waals surface area contributed by atoms with Gasteiger partial charge in [0.2, 0.25) is 0 Å². The van der Waals surface area contributed by atoms with E-state index in [1.54, 1.807) is 0 Å². The Hall–Kier alpha value is -2.15. The predicted octanol–water partition coefficient (Wildman–Crippen LogP) is 2.32. The Bertz CT molecular complexity index is 547. The van der Waals surface area contributed by atoms with Gasteiger partial charge in [-0.3, -0.25) is 14.9 Å². The van der Waals surface area contributed by atoms with Crippen molar-refractivity contribution in [3.8, 4) is 0 Å². The van der Waals surface area contributed by atoms with Crippen molar-refractivity contribution in [3.05, 3.63) is 38.9 Å². The largest absolute Gasteiger partial charge is 0.452 e. The van der Waals surface area contributed by atoms with Gasteiger partial charge in [0, 0.05) is 18.7 Å². The fourth-order valence-electron chi connectivity index (χ4n) is 1.45. The molecule has 1 N–H and O–H groups in total. The number of carbonyl (C=O) groups is 2. The molecule has 1 amide bonds. The van der Waals surface area contributed by atoms with Crippen molar-refractivity contribution in [3.63, 3.8) is 0 Å². The number of nitro benzene ring substituents is 1. The van der Waals surface area contributed by atoms with Crippen LogP contribution in [0.15, 0.2) is 18.2 Å². The summed E-state index contributed by atoms with van der Waals surface area (Å²) in [5.41, 5.74) is -0.252. The van der Waals surface area contributed by atoms with Gasteiger partial charge in [0.1, 0.15) is 0 Å². The SMILES string of the molecule is CCCCNC(=O)COC(=O)c1ccc([N+](=O)[O-])cc1Cl.